The zero-order chi connectivity index (χ0) is 46.9. The average Bonchev–Trinajstić information content (AvgIpc) is 3.87. The number of ether oxygens (including phenoxy) is 1. The third-order valence-corrected chi connectivity index (χ3v) is 14.2. The lowest BCUT2D eigenvalue weighted by Crippen LogP contribution is -2.24. The Morgan fingerprint density at radius 2 is 0.970 bits per heavy atom. The summed E-state index contributed by atoms with van der Waals surface area (Å²) in [5.74, 6) is 2.42. The lowest BCUT2D eigenvalue weighted by Gasteiger charge is -2.28. The highest BCUT2D eigenvalue weighted by Gasteiger charge is 2.33. The van der Waals surface area contributed by atoms with Crippen LogP contribution in [0.5, 0.6) is 11.5 Å². The Bertz CT molecular complexity index is 3280. The van der Waals surface area contributed by atoms with Crippen molar-refractivity contribution in [2.75, 3.05) is 16.5 Å². The van der Waals surface area contributed by atoms with Crippen LogP contribution in [0, 0.1) is 0 Å². The number of rotatable bonds is 9. The number of hydrogen-bond acceptors (Lipinski definition) is 4. The summed E-state index contributed by atoms with van der Waals surface area (Å²) < 4.78 is 9.19. The Kier molecular flexibility index (Phi) is 10.7. The fourth-order valence-electron chi connectivity index (χ4n) is 9.83. The predicted molar refractivity (Wildman–Crippen MR) is 282 cm³/mol. The summed E-state index contributed by atoms with van der Waals surface area (Å²) in [5, 5.41) is 2.36. The van der Waals surface area contributed by atoms with Gasteiger partial charge in [-0.25, -0.2) is 4.98 Å². The number of benzene rings is 7. The summed E-state index contributed by atoms with van der Waals surface area (Å²) in [6, 6.07) is 63.9. The summed E-state index contributed by atoms with van der Waals surface area (Å²) >= 11 is 0. The van der Waals surface area contributed by atoms with Crippen molar-refractivity contribution in [1.29, 1.82) is 0 Å². The van der Waals surface area contributed by atoms with Crippen LogP contribution < -0.4 is 14.5 Å². The highest BCUT2D eigenvalue weighted by Crippen LogP contribution is 2.48. The molecule has 0 amide bonds. The molecule has 5 nitrogen and oxygen atoms in total. The molecule has 1 aliphatic heterocycles. The smallest absolute Gasteiger partial charge is 0.137 e. The molecule has 0 fully saturated rings. The van der Waals surface area contributed by atoms with Crippen LogP contribution in [0.3, 0.4) is 0 Å². The standard InChI is InChI=1S/C62H62N4O/c1-59(2,3)44-23-17-24-48(35-44)65-41-64(55-32-28-46(37-57(55)65)61(7,8)42-19-13-11-14-20-42)49-25-18-26-50(39-49)67-51-29-30-52-53-36-45(60(4,5)6)27-31-54(53)66(56(52)40-51)58-38-47(33-34-63-58)62(9,10)43-21-15-12-16-22-43/h11-40H,41H2,1-10H3. The fourth-order valence-corrected chi connectivity index (χ4v) is 9.83. The van der Waals surface area contributed by atoms with Crippen LogP contribution in [-0.2, 0) is 21.7 Å². The van der Waals surface area contributed by atoms with Crippen LogP contribution in [0.1, 0.15) is 103 Å². The molecule has 0 bridgehead atoms. The molecule has 7 aromatic carbocycles. The Morgan fingerprint density at radius 3 is 1.64 bits per heavy atom. The lowest BCUT2D eigenvalue weighted by molar-refractivity contribution is 0.483. The molecule has 67 heavy (non-hydrogen) atoms. The van der Waals surface area contributed by atoms with Crippen LogP contribution in [0.25, 0.3) is 27.6 Å². The zero-order valence-corrected chi connectivity index (χ0v) is 40.7. The van der Waals surface area contributed by atoms with E-state index in [0.717, 1.165) is 45.1 Å². The van der Waals surface area contributed by atoms with Gasteiger partial charge in [0, 0.05) is 51.3 Å². The van der Waals surface area contributed by atoms with Gasteiger partial charge < -0.3 is 14.5 Å². The van der Waals surface area contributed by atoms with Gasteiger partial charge in [-0.05, 0) is 117 Å². The van der Waals surface area contributed by atoms with Gasteiger partial charge in [0.2, 0.25) is 0 Å². The van der Waals surface area contributed by atoms with Gasteiger partial charge in [0.1, 0.15) is 24.0 Å². The van der Waals surface area contributed by atoms with Crippen molar-refractivity contribution in [3.05, 3.63) is 216 Å². The molecule has 0 atom stereocenters. The lowest BCUT2D eigenvalue weighted by atomic mass is 9.78. The van der Waals surface area contributed by atoms with E-state index in [1.165, 1.54) is 50.1 Å². The highest BCUT2D eigenvalue weighted by atomic mass is 16.5. The first-order chi connectivity index (χ1) is 32.0. The third kappa shape index (κ3) is 8.05. The molecule has 10 rings (SSSR count). The Morgan fingerprint density at radius 1 is 0.403 bits per heavy atom. The molecule has 2 aromatic heterocycles. The van der Waals surface area contributed by atoms with Crippen molar-refractivity contribution in [3.63, 3.8) is 0 Å². The average molecular weight is 879 g/mol. The van der Waals surface area contributed by atoms with Gasteiger partial charge in [0.05, 0.1) is 22.4 Å². The van der Waals surface area contributed by atoms with Gasteiger partial charge in [-0.3, -0.25) is 4.57 Å². The maximum atomic E-state index is 6.88. The maximum absolute atomic E-state index is 6.88. The molecule has 0 radical (unpaired) electrons. The fraction of sp³-hybridized carbons (Fsp3) is 0.242. The van der Waals surface area contributed by atoms with Gasteiger partial charge in [0.15, 0.2) is 0 Å². The number of hydrogen-bond donors (Lipinski definition) is 0. The van der Waals surface area contributed by atoms with E-state index in [0.29, 0.717) is 6.67 Å². The van der Waals surface area contributed by atoms with Gasteiger partial charge in [-0.1, -0.05) is 160 Å². The van der Waals surface area contributed by atoms with Crippen molar-refractivity contribution >= 4 is 44.6 Å². The summed E-state index contributed by atoms with van der Waals surface area (Å²) in [4.78, 5) is 9.91. The van der Waals surface area contributed by atoms with E-state index in [-0.39, 0.29) is 21.7 Å². The molecule has 0 saturated heterocycles. The number of fused-ring (bicyclic) bond motifs is 4. The predicted octanol–water partition coefficient (Wildman–Crippen LogP) is 16.5. The number of aromatic nitrogens is 2. The molecular formula is C62H62N4O. The van der Waals surface area contributed by atoms with Crippen molar-refractivity contribution in [3.8, 4) is 17.3 Å². The molecule has 0 N–H and O–H groups in total. The molecule has 9 aromatic rings. The second kappa shape index (κ2) is 16.3. The van der Waals surface area contributed by atoms with E-state index in [1.54, 1.807) is 0 Å². The summed E-state index contributed by atoms with van der Waals surface area (Å²) in [5.41, 5.74) is 14.0. The van der Waals surface area contributed by atoms with E-state index >= 15 is 0 Å². The molecule has 336 valence electrons. The van der Waals surface area contributed by atoms with Gasteiger partial charge in [-0.2, -0.15) is 0 Å². The van der Waals surface area contributed by atoms with E-state index in [2.05, 4.69) is 260 Å². The van der Waals surface area contributed by atoms with Crippen LogP contribution >= 0.6 is 0 Å². The summed E-state index contributed by atoms with van der Waals surface area (Å²) in [6.07, 6.45) is 1.95. The SMILES string of the molecule is CC(C)(C)c1cccc(N2CN(c3cccc(Oc4ccc5c6cc(C(C)(C)C)ccc6n(-c6cc(C(C)(C)c7ccccc7)ccn6)c5c4)c3)c3ccc(C(C)(C)c4ccccc4)cc32)c1. The Balaban J connectivity index is 1.04. The van der Waals surface area contributed by atoms with Crippen LogP contribution in [0.15, 0.2) is 182 Å². The summed E-state index contributed by atoms with van der Waals surface area (Å²) in [6.45, 7) is 23.6. The van der Waals surface area contributed by atoms with Crippen molar-refractivity contribution in [2.24, 2.45) is 0 Å². The second-order valence-electron chi connectivity index (χ2n) is 21.5. The van der Waals surface area contributed by atoms with Crippen LogP contribution in [0.4, 0.5) is 22.7 Å². The highest BCUT2D eigenvalue weighted by molar-refractivity contribution is 6.10. The number of nitrogens with zero attached hydrogens (tertiary/aromatic N) is 4. The number of anilines is 4. The minimum atomic E-state index is -0.221. The largest absolute Gasteiger partial charge is 0.457 e. The van der Waals surface area contributed by atoms with Crippen LogP contribution in [-0.4, -0.2) is 16.2 Å². The minimum Gasteiger partial charge on any atom is -0.457 e. The topological polar surface area (TPSA) is 33.5 Å². The van der Waals surface area contributed by atoms with E-state index in [1.807, 2.05) is 6.20 Å². The van der Waals surface area contributed by atoms with Crippen molar-refractivity contribution in [2.45, 2.75) is 90.9 Å². The molecule has 1 aliphatic rings. The van der Waals surface area contributed by atoms with Crippen molar-refractivity contribution in [1.82, 2.24) is 9.55 Å². The summed E-state index contributed by atoms with van der Waals surface area (Å²) in [7, 11) is 0. The maximum Gasteiger partial charge on any atom is 0.137 e. The third-order valence-electron chi connectivity index (χ3n) is 14.2. The molecule has 3 heterocycles. The molecule has 0 spiro atoms. The molecule has 5 heteroatoms. The molecule has 0 unspecified atom stereocenters. The normalized spacial score (nSPS) is 13.4. The molecular weight excluding hydrogens is 817 g/mol. The second-order valence-corrected chi connectivity index (χ2v) is 21.5. The molecule has 0 saturated carbocycles. The van der Waals surface area contributed by atoms with Gasteiger partial charge in [0.25, 0.3) is 0 Å². The first-order valence-corrected chi connectivity index (χ1v) is 23.7. The van der Waals surface area contributed by atoms with E-state index < -0.39 is 0 Å². The number of pyridine rings is 1. The zero-order valence-electron chi connectivity index (χ0n) is 40.7. The quantitative estimate of drug-likeness (QED) is 0.145. The van der Waals surface area contributed by atoms with Gasteiger partial charge in [-0.15, -0.1) is 0 Å². The first kappa shape index (κ1) is 43.8. The Hall–Kier alpha value is -7.11. The van der Waals surface area contributed by atoms with E-state index in [9.17, 15) is 0 Å². The minimum absolute atomic E-state index is 0.00105. The molecule has 0 aliphatic carbocycles. The first-order valence-electron chi connectivity index (χ1n) is 23.7. The monoisotopic (exact) mass is 878 g/mol. The Labute approximate surface area is 397 Å². The van der Waals surface area contributed by atoms with Gasteiger partial charge >= 0.3 is 0 Å². The van der Waals surface area contributed by atoms with Crippen molar-refractivity contribution < 1.29 is 4.74 Å². The van der Waals surface area contributed by atoms with E-state index in [4.69, 9.17) is 9.72 Å². The van der Waals surface area contributed by atoms with Crippen LogP contribution in [0.2, 0.25) is 0 Å².